The number of nitrogens with zero attached hydrogens (tertiary/aromatic N) is 1. The number of fused-ring (bicyclic) bond motifs is 1. The Morgan fingerprint density at radius 1 is 1.00 bits per heavy atom. The van der Waals surface area contributed by atoms with Crippen molar-refractivity contribution in [2.45, 2.75) is 50.5 Å². The van der Waals surface area contributed by atoms with Crippen LogP contribution < -0.4 is 9.47 Å². The molecule has 3 aromatic rings. The first-order valence-corrected chi connectivity index (χ1v) is 13.0. The molecule has 1 amide bonds. The Bertz CT molecular complexity index is 1450. The van der Waals surface area contributed by atoms with Gasteiger partial charge in [0.1, 0.15) is 11.8 Å². The van der Waals surface area contributed by atoms with Crippen molar-refractivity contribution in [1.29, 1.82) is 0 Å². The molecule has 0 bridgehead atoms. The van der Waals surface area contributed by atoms with Crippen LogP contribution in [0.25, 0.3) is 11.1 Å². The molecule has 0 radical (unpaired) electrons. The first kappa shape index (κ1) is 24.2. The molecule has 0 aromatic heterocycles. The third-order valence-electron chi connectivity index (χ3n) is 8.12. The quantitative estimate of drug-likeness (QED) is 0.469. The molecule has 196 valence electrons. The number of rotatable bonds is 7. The van der Waals surface area contributed by atoms with Gasteiger partial charge in [-0.05, 0) is 84.7 Å². The third kappa shape index (κ3) is 4.22. The van der Waals surface area contributed by atoms with E-state index >= 15 is 0 Å². The maximum Gasteiger partial charge on any atom is 0.326 e. The van der Waals surface area contributed by atoms with Gasteiger partial charge in [-0.25, -0.2) is 4.79 Å². The number of amides is 1. The van der Waals surface area contributed by atoms with Crippen molar-refractivity contribution in [2.24, 2.45) is 0 Å². The molecule has 2 fully saturated rings. The van der Waals surface area contributed by atoms with Gasteiger partial charge in [0, 0.05) is 20.0 Å². The number of hydrogen-bond donors (Lipinski definition) is 1. The van der Waals surface area contributed by atoms with E-state index in [9.17, 15) is 19.5 Å². The summed E-state index contributed by atoms with van der Waals surface area (Å²) in [7, 11) is 0. The van der Waals surface area contributed by atoms with Crippen LogP contribution in [0.2, 0.25) is 0 Å². The Kier molecular flexibility index (Phi) is 5.94. The monoisotopic (exact) mass is 513 g/mol. The zero-order valence-corrected chi connectivity index (χ0v) is 21.2. The van der Waals surface area contributed by atoms with Crippen molar-refractivity contribution in [3.63, 3.8) is 0 Å². The molecule has 1 saturated heterocycles. The summed E-state index contributed by atoms with van der Waals surface area (Å²) >= 11 is 0. The summed E-state index contributed by atoms with van der Waals surface area (Å²) in [5.41, 5.74) is 4.98. The molecule has 6 rings (SSSR count). The highest BCUT2D eigenvalue weighted by Gasteiger charge is 2.50. The highest BCUT2D eigenvalue weighted by molar-refractivity contribution is 5.97. The summed E-state index contributed by atoms with van der Waals surface area (Å²) in [6.07, 6.45) is 3.18. The van der Waals surface area contributed by atoms with Crippen molar-refractivity contribution in [3.05, 3.63) is 82.9 Å². The second-order valence-electron chi connectivity index (χ2n) is 10.5. The van der Waals surface area contributed by atoms with Gasteiger partial charge >= 0.3 is 5.97 Å². The smallest absolute Gasteiger partial charge is 0.326 e. The number of carbonyl (C=O) groups is 3. The van der Waals surface area contributed by atoms with Gasteiger partial charge in [-0.2, -0.15) is 0 Å². The van der Waals surface area contributed by atoms with Crippen LogP contribution in [0.1, 0.15) is 54.2 Å². The fourth-order valence-electron chi connectivity index (χ4n) is 5.72. The normalized spacial score (nSPS) is 18.9. The number of ketones is 1. The minimum atomic E-state index is -0.957. The average molecular weight is 514 g/mol. The van der Waals surface area contributed by atoms with Gasteiger partial charge in [0.25, 0.3) is 5.91 Å². The minimum Gasteiger partial charge on any atom is -0.480 e. The van der Waals surface area contributed by atoms with E-state index < -0.39 is 17.4 Å². The highest BCUT2D eigenvalue weighted by atomic mass is 16.7. The second-order valence-corrected chi connectivity index (χ2v) is 10.5. The van der Waals surface area contributed by atoms with E-state index in [1.807, 2.05) is 49.4 Å². The number of benzene rings is 3. The average Bonchev–Trinajstić information content (AvgIpc) is 3.35. The lowest BCUT2D eigenvalue weighted by atomic mass is 9.87. The topological polar surface area (TPSA) is 93.1 Å². The number of likely N-dealkylation sites (tertiary alicyclic amines) is 1. The maximum absolute atomic E-state index is 13.5. The number of ether oxygens (including phenoxy) is 2. The lowest BCUT2D eigenvalue weighted by molar-refractivity contribution is -0.141. The molecule has 1 aliphatic carbocycles. The second kappa shape index (κ2) is 9.31. The molecule has 0 spiro atoms. The summed E-state index contributed by atoms with van der Waals surface area (Å²) in [6, 6.07) is 18.4. The lowest BCUT2D eigenvalue weighted by Gasteiger charge is -2.21. The predicted molar refractivity (Wildman–Crippen MR) is 143 cm³/mol. The van der Waals surface area contributed by atoms with E-state index in [-0.39, 0.29) is 19.9 Å². The van der Waals surface area contributed by atoms with Crippen molar-refractivity contribution >= 4 is 17.7 Å². The SMILES string of the molecule is Cc1ccc(CC(=O)C2(c3ccc4c(c3)OCO4)CC2)cc1-c1ccc(C(=O)N2CCCC2C(=O)O)cc1.[HH]. The van der Waals surface area contributed by atoms with Gasteiger partial charge in [-0.15, -0.1) is 0 Å². The van der Waals surface area contributed by atoms with Crippen molar-refractivity contribution < 1.29 is 30.4 Å². The van der Waals surface area contributed by atoms with Crippen LogP contribution in [0, 0.1) is 6.92 Å². The van der Waals surface area contributed by atoms with E-state index in [0.717, 1.165) is 46.4 Å². The van der Waals surface area contributed by atoms with Gasteiger partial charge in [0.15, 0.2) is 11.5 Å². The fourth-order valence-corrected chi connectivity index (χ4v) is 5.72. The molecule has 3 aromatic carbocycles. The first-order valence-electron chi connectivity index (χ1n) is 13.0. The molecule has 1 atom stereocenters. The highest BCUT2D eigenvalue weighted by Crippen LogP contribution is 2.51. The van der Waals surface area contributed by atoms with E-state index in [2.05, 4.69) is 6.07 Å². The number of aryl methyl sites for hydroxylation is 1. The zero-order chi connectivity index (χ0) is 26.4. The molecule has 1 unspecified atom stereocenters. The van der Waals surface area contributed by atoms with Crippen LogP contribution in [0.5, 0.6) is 11.5 Å². The molecule has 7 heteroatoms. The van der Waals surface area contributed by atoms with Crippen molar-refractivity contribution in [2.75, 3.05) is 13.3 Å². The molecular weight excluding hydrogens is 482 g/mol. The molecule has 2 heterocycles. The van der Waals surface area contributed by atoms with Crippen LogP contribution in [-0.4, -0.2) is 47.0 Å². The molecule has 1 N–H and O–H groups in total. The van der Waals surface area contributed by atoms with Crippen LogP contribution in [0.3, 0.4) is 0 Å². The Balaban J connectivity index is 0.00000308. The van der Waals surface area contributed by atoms with Gasteiger partial charge in [-0.3, -0.25) is 9.59 Å². The number of carboxylic acid groups (broad SMARTS) is 1. The summed E-state index contributed by atoms with van der Waals surface area (Å²) in [4.78, 5) is 39.4. The Morgan fingerprint density at radius 2 is 1.76 bits per heavy atom. The molecule has 7 nitrogen and oxygen atoms in total. The van der Waals surface area contributed by atoms with Gasteiger partial charge in [0.2, 0.25) is 6.79 Å². The van der Waals surface area contributed by atoms with Crippen LogP contribution in [-0.2, 0) is 21.4 Å². The van der Waals surface area contributed by atoms with Crippen LogP contribution >= 0.6 is 0 Å². The standard InChI is InChI=1S/C31H29NO6.H2/c1-19-4-5-20(16-28(33)31(12-13-31)23-10-11-26-27(17-23)38-18-37-26)15-24(19)21-6-8-22(9-7-21)29(34)32-14-2-3-25(32)30(35)36;/h4-11,15,17,25H,2-3,12-14,16,18H2,1H3,(H,35,36);1H. The van der Waals surface area contributed by atoms with E-state index in [4.69, 9.17) is 9.47 Å². The summed E-state index contributed by atoms with van der Waals surface area (Å²) in [6.45, 7) is 2.69. The fraction of sp³-hybridized carbons (Fsp3) is 0.323. The van der Waals surface area contributed by atoms with Crippen LogP contribution in [0.4, 0.5) is 0 Å². The van der Waals surface area contributed by atoms with E-state index in [1.54, 1.807) is 12.1 Å². The Morgan fingerprint density at radius 3 is 2.50 bits per heavy atom. The largest absolute Gasteiger partial charge is 0.480 e. The summed E-state index contributed by atoms with van der Waals surface area (Å²) in [5, 5.41) is 9.42. The number of hydrogen-bond acceptors (Lipinski definition) is 5. The third-order valence-corrected chi connectivity index (χ3v) is 8.12. The summed E-state index contributed by atoms with van der Waals surface area (Å²) in [5.74, 6) is 0.404. The zero-order valence-electron chi connectivity index (χ0n) is 21.2. The minimum absolute atomic E-state index is 0. The number of carbonyl (C=O) groups excluding carboxylic acids is 2. The van der Waals surface area contributed by atoms with Crippen molar-refractivity contribution in [1.82, 2.24) is 4.90 Å². The number of Topliss-reactive ketones (excluding diaryl/α,β-unsaturated/α-hetero) is 1. The molecule has 1 saturated carbocycles. The Labute approximate surface area is 222 Å². The first-order chi connectivity index (χ1) is 18.4. The van der Waals surface area contributed by atoms with E-state index in [1.165, 1.54) is 4.90 Å². The van der Waals surface area contributed by atoms with Gasteiger partial charge in [0.05, 0.1) is 5.41 Å². The molecular formula is C31H31NO6. The maximum atomic E-state index is 13.5. The number of carboxylic acids is 1. The van der Waals surface area contributed by atoms with Crippen LogP contribution in [0.15, 0.2) is 60.7 Å². The van der Waals surface area contributed by atoms with Gasteiger partial charge in [-0.1, -0.05) is 36.4 Å². The summed E-state index contributed by atoms with van der Waals surface area (Å²) < 4.78 is 10.9. The number of aliphatic carboxylic acids is 1. The molecule has 3 aliphatic rings. The molecule has 2 aliphatic heterocycles. The van der Waals surface area contributed by atoms with Crippen molar-refractivity contribution in [3.8, 4) is 22.6 Å². The lowest BCUT2D eigenvalue weighted by Crippen LogP contribution is -2.40. The predicted octanol–water partition coefficient (Wildman–Crippen LogP) is 5.17. The Hall–Kier alpha value is -4.13. The molecule has 38 heavy (non-hydrogen) atoms. The van der Waals surface area contributed by atoms with Gasteiger partial charge < -0.3 is 19.5 Å². The van der Waals surface area contributed by atoms with E-state index in [0.29, 0.717) is 37.1 Å².